The van der Waals surface area contributed by atoms with Crippen molar-refractivity contribution in [1.82, 2.24) is 5.32 Å². The van der Waals surface area contributed by atoms with Crippen LogP contribution in [-0.4, -0.2) is 18.4 Å². The average Bonchev–Trinajstić information content (AvgIpc) is 2.83. The second-order valence-corrected chi connectivity index (χ2v) is 5.25. The van der Waals surface area contributed by atoms with Crippen LogP contribution in [0.25, 0.3) is 0 Å². The zero-order valence-corrected chi connectivity index (χ0v) is 11.0. The highest BCUT2D eigenvalue weighted by Crippen LogP contribution is 2.18. The predicted octanol–water partition coefficient (Wildman–Crippen LogP) is 3.12. The van der Waals surface area contributed by atoms with Crippen molar-refractivity contribution in [2.75, 3.05) is 6.54 Å². The van der Waals surface area contributed by atoms with Crippen LogP contribution < -0.4 is 5.32 Å². The molecule has 1 N–H and O–H groups in total. The Morgan fingerprint density at radius 3 is 2.78 bits per heavy atom. The standard InChI is InChI=1S/C14H17ClFNO/c15-11-6-5-10(14(16)8-11)7-13(18)9-17-12-3-1-2-4-12/h5-6,8,12,17H,1-4,7,9H2. The van der Waals surface area contributed by atoms with Crippen LogP contribution in [0.15, 0.2) is 18.2 Å². The van der Waals surface area contributed by atoms with E-state index in [1.807, 2.05) is 0 Å². The minimum absolute atomic E-state index is 0.0168. The smallest absolute Gasteiger partial charge is 0.151 e. The fourth-order valence-corrected chi connectivity index (χ4v) is 2.49. The highest BCUT2D eigenvalue weighted by atomic mass is 35.5. The van der Waals surface area contributed by atoms with Gasteiger partial charge >= 0.3 is 0 Å². The first-order chi connectivity index (χ1) is 8.65. The molecule has 2 rings (SSSR count). The van der Waals surface area contributed by atoms with Crippen LogP contribution in [0.1, 0.15) is 31.2 Å². The maximum atomic E-state index is 13.5. The minimum Gasteiger partial charge on any atom is -0.307 e. The molecule has 0 aliphatic heterocycles. The summed E-state index contributed by atoms with van der Waals surface area (Å²) in [5.41, 5.74) is 0.414. The van der Waals surface area contributed by atoms with Gasteiger partial charge in [0.1, 0.15) is 5.82 Å². The Morgan fingerprint density at radius 2 is 2.11 bits per heavy atom. The van der Waals surface area contributed by atoms with E-state index in [1.165, 1.54) is 18.9 Å². The molecule has 98 valence electrons. The molecule has 1 aliphatic rings. The molecular formula is C14H17ClFNO. The Balaban J connectivity index is 1.82. The first-order valence-corrected chi connectivity index (χ1v) is 6.72. The van der Waals surface area contributed by atoms with Gasteiger partial charge in [0.15, 0.2) is 5.78 Å². The van der Waals surface area contributed by atoms with Crippen molar-refractivity contribution in [3.05, 3.63) is 34.6 Å². The summed E-state index contributed by atoms with van der Waals surface area (Å²) >= 11 is 5.66. The lowest BCUT2D eigenvalue weighted by Gasteiger charge is -2.11. The van der Waals surface area contributed by atoms with Gasteiger partial charge in [0.2, 0.25) is 0 Å². The number of halogens is 2. The summed E-state index contributed by atoms with van der Waals surface area (Å²) in [5.74, 6) is -0.389. The summed E-state index contributed by atoms with van der Waals surface area (Å²) in [7, 11) is 0. The molecule has 0 aromatic heterocycles. The molecule has 4 heteroatoms. The lowest BCUT2D eigenvalue weighted by Crippen LogP contribution is -2.32. The topological polar surface area (TPSA) is 29.1 Å². The zero-order valence-electron chi connectivity index (χ0n) is 10.2. The van der Waals surface area contributed by atoms with Crippen LogP contribution in [0.2, 0.25) is 5.02 Å². The van der Waals surface area contributed by atoms with Crippen LogP contribution in [0, 0.1) is 5.82 Å². The lowest BCUT2D eigenvalue weighted by molar-refractivity contribution is -0.117. The highest BCUT2D eigenvalue weighted by molar-refractivity contribution is 6.30. The van der Waals surface area contributed by atoms with Gasteiger partial charge in [-0.1, -0.05) is 30.5 Å². The molecule has 0 atom stereocenters. The SMILES string of the molecule is O=C(CNC1CCCC1)Cc1ccc(Cl)cc1F. The summed E-state index contributed by atoms with van der Waals surface area (Å²) in [4.78, 5) is 11.7. The molecule has 1 saturated carbocycles. The van der Waals surface area contributed by atoms with Crippen LogP contribution in [0.5, 0.6) is 0 Å². The van der Waals surface area contributed by atoms with Crippen LogP contribution in [-0.2, 0) is 11.2 Å². The number of ketones is 1. The maximum absolute atomic E-state index is 13.5. The molecule has 0 radical (unpaired) electrons. The maximum Gasteiger partial charge on any atom is 0.151 e. The van der Waals surface area contributed by atoms with E-state index in [2.05, 4.69) is 5.32 Å². The van der Waals surface area contributed by atoms with Crippen LogP contribution in [0.4, 0.5) is 4.39 Å². The predicted molar refractivity (Wildman–Crippen MR) is 70.4 cm³/mol. The molecule has 1 aromatic rings. The van der Waals surface area contributed by atoms with Gasteiger partial charge in [-0.25, -0.2) is 4.39 Å². The van der Waals surface area contributed by atoms with Gasteiger partial charge < -0.3 is 5.32 Å². The van der Waals surface area contributed by atoms with Gasteiger partial charge in [0, 0.05) is 17.5 Å². The van der Waals surface area contributed by atoms with Crippen LogP contribution in [0.3, 0.4) is 0 Å². The summed E-state index contributed by atoms with van der Waals surface area (Å²) in [6.07, 6.45) is 4.88. The van der Waals surface area contributed by atoms with Gasteiger partial charge in [0.05, 0.1) is 6.54 Å². The van der Waals surface area contributed by atoms with Crippen molar-refractivity contribution in [2.45, 2.75) is 38.1 Å². The van der Waals surface area contributed by atoms with E-state index < -0.39 is 5.82 Å². The number of nitrogens with one attached hydrogen (secondary N) is 1. The molecule has 18 heavy (non-hydrogen) atoms. The van der Waals surface area contributed by atoms with E-state index in [0.29, 0.717) is 23.2 Å². The van der Waals surface area contributed by atoms with E-state index >= 15 is 0 Å². The van der Waals surface area contributed by atoms with Gasteiger partial charge in [-0.15, -0.1) is 0 Å². The third-order valence-electron chi connectivity index (χ3n) is 3.35. The average molecular weight is 270 g/mol. The molecule has 1 fully saturated rings. The highest BCUT2D eigenvalue weighted by Gasteiger charge is 2.16. The fourth-order valence-electron chi connectivity index (χ4n) is 2.33. The van der Waals surface area contributed by atoms with Crippen molar-refractivity contribution in [3.8, 4) is 0 Å². The Bertz CT molecular complexity index is 430. The zero-order chi connectivity index (χ0) is 13.0. The normalized spacial score (nSPS) is 16.1. The van der Waals surface area contributed by atoms with Crippen LogP contribution >= 0.6 is 11.6 Å². The molecule has 0 unspecified atom stereocenters. The fraction of sp³-hybridized carbons (Fsp3) is 0.500. The molecular weight excluding hydrogens is 253 g/mol. The number of carbonyl (C=O) groups is 1. The molecule has 1 aromatic carbocycles. The number of hydrogen-bond donors (Lipinski definition) is 1. The van der Waals surface area contributed by atoms with Crippen molar-refractivity contribution >= 4 is 17.4 Å². The molecule has 0 bridgehead atoms. The molecule has 0 spiro atoms. The Labute approximate surface area is 112 Å². The molecule has 0 saturated heterocycles. The molecule has 1 aliphatic carbocycles. The number of carbonyl (C=O) groups excluding carboxylic acids is 1. The number of Topliss-reactive ketones (excluding diaryl/α,β-unsaturated/α-hetero) is 1. The van der Waals surface area contributed by atoms with E-state index in [9.17, 15) is 9.18 Å². The quantitative estimate of drug-likeness (QED) is 0.890. The summed E-state index contributed by atoms with van der Waals surface area (Å²) < 4.78 is 13.5. The first-order valence-electron chi connectivity index (χ1n) is 6.34. The third-order valence-corrected chi connectivity index (χ3v) is 3.58. The molecule has 2 nitrogen and oxygen atoms in total. The van der Waals surface area contributed by atoms with Crippen molar-refractivity contribution < 1.29 is 9.18 Å². The van der Waals surface area contributed by atoms with E-state index in [1.54, 1.807) is 12.1 Å². The molecule has 0 amide bonds. The first kappa shape index (κ1) is 13.5. The largest absolute Gasteiger partial charge is 0.307 e. The van der Waals surface area contributed by atoms with Crippen molar-refractivity contribution in [3.63, 3.8) is 0 Å². The Hall–Kier alpha value is -0.930. The summed E-state index contributed by atoms with van der Waals surface area (Å²) in [5, 5.41) is 3.59. The van der Waals surface area contributed by atoms with Gasteiger partial charge in [-0.3, -0.25) is 4.79 Å². The Morgan fingerprint density at radius 1 is 1.39 bits per heavy atom. The van der Waals surface area contributed by atoms with Gasteiger partial charge in [-0.05, 0) is 30.5 Å². The second kappa shape index (κ2) is 6.30. The van der Waals surface area contributed by atoms with E-state index in [0.717, 1.165) is 12.8 Å². The number of benzene rings is 1. The van der Waals surface area contributed by atoms with E-state index in [4.69, 9.17) is 11.6 Å². The lowest BCUT2D eigenvalue weighted by atomic mass is 10.1. The second-order valence-electron chi connectivity index (χ2n) is 4.81. The monoisotopic (exact) mass is 269 g/mol. The minimum atomic E-state index is -0.406. The van der Waals surface area contributed by atoms with Crippen molar-refractivity contribution in [2.24, 2.45) is 0 Å². The third kappa shape index (κ3) is 3.79. The van der Waals surface area contributed by atoms with Gasteiger partial charge in [0.25, 0.3) is 0 Å². The molecule has 0 heterocycles. The number of rotatable bonds is 5. The number of hydrogen-bond acceptors (Lipinski definition) is 2. The van der Waals surface area contributed by atoms with Gasteiger partial charge in [-0.2, -0.15) is 0 Å². The summed E-state index contributed by atoms with van der Waals surface area (Å²) in [6, 6.07) is 4.89. The Kier molecular flexibility index (Phi) is 4.72. The van der Waals surface area contributed by atoms with Crippen molar-refractivity contribution in [1.29, 1.82) is 0 Å². The summed E-state index contributed by atoms with van der Waals surface area (Å²) in [6.45, 7) is 0.326. The van der Waals surface area contributed by atoms with E-state index in [-0.39, 0.29) is 12.2 Å².